The van der Waals surface area contributed by atoms with Crippen molar-refractivity contribution in [1.82, 2.24) is 0 Å². The number of carbonyl (C=O) groups is 1. The van der Waals surface area contributed by atoms with Gasteiger partial charge in [0.15, 0.2) is 0 Å². The van der Waals surface area contributed by atoms with Gasteiger partial charge in [0.2, 0.25) is 0 Å². The Morgan fingerprint density at radius 1 is 1.21 bits per heavy atom. The Labute approximate surface area is 111 Å². The molecule has 98 valence electrons. The number of hydrogen-bond donors (Lipinski definition) is 2. The van der Waals surface area contributed by atoms with Crippen molar-refractivity contribution >= 4 is 11.6 Å². The van der Waals surface area contributed by atoms with Gasteiger partial charge < -0.3 is 11.1 Å². The van der Waals surface area contributed by atoms with E-state index in [4.69, 9.17) is 5.73 Å². The molecule has 3 nitrogen and oxygen atoms in total. The van der Waals surface area contributed by atoms with Crippen molar-refractivity contribution in [3.63, 3.8) is 0 Å². The zero-order valence-electron chi connectivity index (χ0n) is 10.6. The molecule has 2 aromatic carbocycles. The van der Waals surface area contributed by atoms with Crippen molar-refractivity contribution in [1.29, 1.82) is 0 Å². The van der Waals surface area contributed by atoms with Crippen molar-refractivity contribution in [2.75, 3.05) is 5.32 Å². The molecule has 3 N–H and O–H groups in total. The Hall–Kier alpha value is -2.20. The molecule has 0 atom stereocenters. The summed E-state index contributed by atoms with van der Waals surface area (Å²) in [7, 11) is 0. The molecule has 0 saturated heterocycles. The van der Waals surface area contributed by atoms with Crippen LogP contribution in [0.5, 0.6) is 0 Å². The summed E-state index contributed by atoms with van der Waals surface area (Å²) in [6.45, 7) is 2.06. The number of nitrogens with one attached hydrogen (secondary N) is 1. The van der Waals surface area contributed by atoms with Crippen LogP contribution in [0.2, 0.25) is 0 Å². The Bertz CT molecular complexity index is 594. The highest BCUT2D eigenvalue weighted by Crippen LogP contribution is 2.18. The van der Waals surface area contributed by atoms with Crippen molar-refractivity contribution < 1.29 is 9.18 Å². The van der Waals surface area contributed by atoms with Crippen LogP contribution in [0.25, 0.3) is 0 Å². The third-order valence-electron chi connectivity index (χ3n) is 2.97. The van der Waals surface area contributed by atoms with E-state index in [2.05, 4.69) is 5.32 Å². The Balaban J connectivity index is 2.18. The van der Waals surface area contributed by atoms with Crippen LogP contribution < -0.4 is 11.1 Å². The number of amides is 1. The highest BCUT2D eigenvalue weighted by Gasteiger charge is 2.09. The molecule has 0 spiro atoms. The van der Waals surface area contributed by atoms with E-state index in [1.54, 1.807) is 43.3 Å². The molecule has 0 aromatic heterocycles. The predicted octanol–water partition coefficient (Wildman–Crippen LogP) is 2.85. The number of hydrogen-bond acceptors (Lipinski definition) is 2. The normalized spacial score (nSPS) is 10.3. The standard InChI is InChI=1S/C15H15FN2O/c1-10-13(16)3-2-4-14(10)18-15(19)12-7-5-11(9-17)6-8-12/h2-8H,9,17H2,1H3,(H,18,19). The average molecular weight is 258 g/mol. The highest BCUT2D eigenvalue weighted by molar-refractivity contribution is 6.04. The predicted molar refractivity (Wildman–Crippen MR) is 73.4 cm³/mol. The van der Waals surface area contributed by atoms with Gasteiger partial charge in [0.1, 0.15) is 5.82 Å². The number of nitrogens with two attached hydrogens (primary N) is 1. The summed E-state index contributed by atoms with van der Waals surface area (Å²) in [5.74, 6) is -0.603. The minimum atomic E-state index is -0.337. The molecule has 4 heteroatoms. The van der Waals surface area contributed by atoms with Gasteiger partial charge in [-0.2, -0.15) is 0 Å². The van der Waals surface area contributed by atoms with E-state index in [0.29, 0.717) is 23.4 Å². The number of benzene rings is 2. The van der Waals surface area contributed by atoms with E-state index >= 15 is 0 Å². The summed E-state index contributed by atoms with van der Waals surface area (Å²) in [6, 6.07) is 11.6. The lowest BCUT2D eigenvalue weighted by atomic mass is 10.1. The molecule has 0 aliphatic rings. The summed E-state index contributed by atoms with van der Waals surface area (Å²) >= 11 is 0. The van der Waals surface area contributed by atoms with Gasteiger partial charge in [0, 0.05) is 23.4 Å². The van der Waals surface area contributed by atoms with Gasteiger partial charge >= 0.3 is 0 Å². The molecule has 0 fully saturated rings. The van der Waals surface area contributed by atoms with Gasteiger partial charge in [-0.15, -0.1) is 0 Å². The molecule has 1 amide bonds. The number of carbonyl (C=O) groups excluding carboxylic acids is 1. The second-order valence-electron chi connectivity index (χ2n) is 4.27. The quantitative estimate of drug-likeness (QED) is 0.889. The summed E-state index contributed by atoms with van der Waals surface area (Å²) in [5, 5.41) is 2.69. The first-order valence-electron chi connectivity index (χ1n) is 5.97. The molecule has 0 radical (unpaired) electrons. The topological polar surface area (TPSA) is 55.1 Å². The van der Waals surface area contributed by atoms with Crippen molar-refractivity contribution in [2.45, 2.75) is 13.5 Å². The largest absolute Gasteiger partial charge is 0.326 e. The van der Waals surface area contributed by atoms with Gasteiger partial charge in [0.05, 0.1) is 0 Å². The van der Waals surface area contributed by atoms with E-state index in [1.807, 2.05) is 0 Å². The van der Waals surface area contributed by atoms with Gasteiger partial charge in [0.25, 0.3) is 5.91 Å². The van der Waals surface area contributed by atoms with Crippen molar-refractivity contribution in [3.8, 4) is 0 Å². The first-order chi connectivity index (χ1) is 9.11. The zero-order chi connectivity index (χ0) is 13.8. The molecule has 0 heterocycles. The van der Waals surface area contributed by atoms with Crippen LogP contribution in [-0.2, 0) is 6.54 Å². The first-order valence-corrected chi connectivity index (χ1v) is 5.97. The van der Waals surface area contributed by atoms with Gasteiger partial charge in [-0.1, -0.05) is 18.2 Å². The molecular weight excluding hydrogens is 243 g/mol. The van der Waals surface area contributed by atoms with E-state index in [9.17, 15) is 9.18 Å². The van der Waals surface area contributed by atoms with Crippen LogP contribution >= 0.6 is 0 Å². The third-order valence-corrected chi connectivity index (χ3v) is 2.97. The molecule has 2 aromatic rings. The van der Waals surface area contributed by atoms with Crippen LogP contribution in [0.3, 0.4) is 0 Å². The van der Waals surface area contributed by atoms with Crippen molar-refractivity contribution in [3.05, 3.63) is 65.0 Å². The Morgan fingerprint density at radius 2 is 1.89 bits per heavy atom. The molecule has 0 unspecified atom stereocenters. The summed E-state index contributed by atoms with van der Waals surface area (Å²) in [5.41, 5.74) is 7.87. The van der Waals surface area contributed by atoms with E-state index in [1.165, 1.54) is 6.07 Å². The van der Waals surface area contributed by atoms with Crippen LogP contribution in [0.1, 0.15) is 21.5 Å². The Morgan fingerprint density at radius 3 is 2.53 bits per heavy atom. The fourth-order valence-corrected chi connectivity index (χ4v) is 1.73. The maximum absolute atomic E-state index is 13.4. The maximum atomic E-state index is 13.4. The van der Waals surface area contributed by atoms with Crippen LogP contribution in [0.15, 0.2) is 42.5 Å². The van der Waals surface area contributed by atoms with E-state index in [-0.39, 0.29) is 11.7 Å². The number of halogens is 1. The molecule has 0 aliphatic carbocycles. The lowest BCUT2D eigenvalue weighted by Gasteiger charge is -2.09. The van der Waals surface area contributed by atoms with Crippen LogP contribution in [0, 0.1) is 12.7 Å². The monoisotopic (exact) mass is 258 g/mol. The fourth-order valence-electron chi connectivity index (χ4n) is 1.73. The molecule has 0 saturated carbocycles. The number of rotatable bonds is 3. The summed E-state index contributed by atoms with van der Waals surface area (Å²) in [4.78, 5) is 12.0. The molecule has 0 aliphatic heterocycles. The minimum Gasteiger partial charge on any atom is -0.326 e. The van der Waals surface area contributed by atoms with E-state index in [0.717, 1.165) is 5.56 Å². The van der Waals surface area contributed by atoms with Gasteiger partial charge in [-0.05, 0) is 36.8 Å². The van der Waals surface area contributed by atoms with Crippen LogP contribution in [0.4, 0.5) is 10.1 Å². The second kappa shape index (κ2) is 5.63. The fraction of sp³-hybridized carbons (Fsp3) is 0.133. The first kappa shape index (κ1) is 13.2. The Kier molecular flexibility index (Phi) is 3.92. The smallest absolute Gasteiger partial charge is 0.255 e. The summed E-state index contributed by atoms with van der Waals surface area (Å²) < 4.78 is 13.4. The van der Waals surface area contributed by atoms with Crippen molar-refractivity contribution in [2.24, 2.45) is 5.73 Å². The highest BCUT2D eigenvalue weighted by atomic mass is 19.1. The molecule has 2 rings (SSSR count). The number of anilines is 1. The average Bonchev–Trinajstić information content (AvgIpc) is 2.44. The van der Waals surface area contributed by atoms with E-state index < -0.39 is 0 Å². The lowest BCUT2D eigenvalue weighted by Crippen LogP contribution is -2.13. The minimum absolute atomic E-state index is 0.266. The SMILES string of the molecule is Cc1c(F)cccc1NC(=O)c1ccc(CN)cc1. The maximum Gasteiger partial charge on any atom is 0.255 e. The lowest BCUT2D eigenvalue weighted by molar-refractivity contribution is 0.102. The van der Waals surface area contributed by atoms with Gasteiger partial charge in [-0.3, -0.25) is 4.79 Å². The molecular formula is C15H15FN2O. The molecule has 19 heavy (non-hydrogen) atoms. The van der Waals surface area contributed by atoms with Crippen LogP contribution in [-0.4, -0.2) is 5.91 Å². The third kappa shape index (κ3) is 2.98. The van der Waals surface area contributed by atoms with Gasteiger partial charge in [-0.25, -0.2) is 4.39 Å². The molecule has 0 bridgehead atoms. The summed E-state index contributed by atoms with van der Waals surface area (Å²) in [6.07, 6.45) is 0. The second-order valence-corrected chi connectivity index (χ2v) is 4.27. The zero-order valence-corrected chi connectivity index (χ0v) is 10.6.